The molecule has 0 saturated carbocycles. The molecule has 6 heteroatoms. The summed E-state index contributed by atoms with van der Waals surface area (Å²) in [5, 5.41) is 2.60. The number of hydrogen-bond donors (Lipinski definition) is 3. The van der Waals surface area contributed by atoms with Crippen LogP contribution in [0.1, 0.15) is 12.0 Å². The Hall–Kier alpha value is -2.08. The predicted molar refractivity (Wildman–Crippen MR) is 65.2 cm³/mol. The van der Waals surface area contributed by atoms with E-state index in [1.165, 1.54) is 0 Å². The zero-order valence-electron chi connectivity index (χ0n) is 9.81. The molecule has 1 aliphatic rings. The molecule has 1 heterocycles. The van der Waals surface area contributed by atoms with Gasteiger partial charge in [-0.25, -0.2) is 5.48 Å². The van der Waals surface area contributed by atoms with Crippen molar-refractivity contribution in [3.63, 3.8) is 0 Å². The number of para-hydroxylation sites is 1. The van der Waals surface area contributed by atoms with Crippen LogP contribution in [0.4, 0.5) is 5.69 Å². The minimum absolute atomic E-state index is 0.165. The number of aryl methyl sites for hydroxylation is 1. The van der Waals surface area contributed by atoms with Crippen molar-refractivity contribution in [3.8, 4) is 0 Å². The topological polar surface area (TPSA) is 93.5 Å². The normalized spacial score (nSPS) is 18.4. The number of amides is 2. The summed E-state index contributed by atoms with van der Waals surface area (Å²) in [6.07, 6.45) is 0.839. The van der Waals surface area contributed by atoms with Crippen molar-refractivity contribution < 1.29 is 14.4 Å². The third kappa shape index (κ3) is 2.98. The molecule has 1 aromatic carbocycles. The first-order valence-electron chi connectivity index (χ1n) is 5.71. The molecule has 2 rings (SSSR count). The highest BCUT2D eigenvalue weighted by atomic mass is 16.7. The van der Waals surface area contributed by atoms with E-state index in [2.05, 4.69) is 10.8 Å². The first-order chi connectivity index (χ1) is 8.66. The molecule has 96 valence electrons. The zero-order valence-corrected chi connectivity index (χ0v) is 9.81. The van der Waals surface area contributed by atoms with E-state index in [0.29, 0.717) is 12.1 Å². The maximum Gasteiger partial charge on any atom is 0.268 e. The summed E-state index contributed by atoms with van der Waals surface area (Å²) in [6, 6.07) is 6.81. The van der Waals surface area contributed by atoms with Crippen LogP contribution in [0.3, 0.4) is 0 Å². The molecule has 6 nitrogen and oxygen atoms in total. The number of benzene rings is 1. The summed E-state index contributed by atoms with van der Waals surface area (Å²) in [5.74, 6) is -0.508. The van der Waals surface area contributed by atoms with Gasteiger partial charge in [-0.05, 0) is 18.1 Å². The van der Waals surface area contributed by atoms with Crippen LogP contribution in [0.15, 0.2) is 24.3 Å². The fraction of sp³-hybridized carbons (Fsp3) is 0.333. The van der Waals surface area contributed by atoms with Crippen molar-refractivity contribution in [1.82, 2.24) is 10.8 Å². The number of hydroxylamine groups is 1. The molecule has 1 aliphatic heterocycles. The molecule has 1 saturated heterocycles. The molecule has 2 amide bonds. The van der Waals surface area contributed by atoms with Gasteiger partial charge in [0, 0.05) is 12.1 Å². The number of anilines is 1. The lowest BCUT2D eigenvalue weighted by Gasteiger charge is -2.09. The highest BCUT2D eigenvalue weighted by molar-refractivity contribution is 5.88. The van der Waals surface area contributed by atoms with E-state index in [-0.39, 0.29) is 24.8 Å². The van der Waals surface area contributed by atoms with E-state index >= 15 is 0 Å². The zero-order chi connectivity index (χ0) is 13.0. The van der Waals surface area contributed by atoms with Gasteiger partial charge in [-0.1, -0.05) is 18.2 Å². The summed E-state index contributed by atoms with van der Waals surface area (Å²) >= 11 is 0. The van der Waals surface area contributed by atoms with Crippen LogP contribution in [0, 0.1) is 0 Å². The lowest BCUT2D eigenvalue weighted by atomic mass is 10.1. The monoisotopic (exact) mass is 249 g/mol. The van der Waals surface area contributed by atoms with E-state index in [9.17, 15) is 9.59 Å². The van der Waals surface area contributed by atoms with Crippen LogP contribution < -0.4 is 16.5 Å². The fourth-order valence-corrected chi connectivity index (χ4v) is 1.73. The number of hydrogen-bond acceptors (Lipinski definition) is 4. The Bertz CT molecular complexity index is 462. The van der Waals surface area contributed by atoms with E-state index in [4.69, 9.17) is 10.6 Å². The van der Waals surface area contributed by atoms with Crippen LogP contribution in [-0.2, 0) is 20.8 Å². The van der Waals surface area contributed by atoms with Gasteiger partial charge in [-0.15, -0.1) is 0 Å². The quantitative estimate of drug-likeness (QED) is 0.641. The third-order valence-electron chi connectivity index (χ3n) is 2.75. The van der Waals surface area contributed by atoms with E-state index in [0.717, 1.165) is 5.56 Å². The molecule has 1 aromatic rings. The van der Waals surface area contributed by atoms with Crippen molar-refractivity contribution in [1.29, 1.82) is 0 Å². The average molecular weight is 249 g/mol. The summed E-state index contributed by atoms with van der Waals surface area (Å²) in [5.41, 5.74) is 9.56. The van der Waals surface area contributed by atoms with Crippen molar-refractivity contribution in [2.75, 3.05) is 12.3 Å². The van der Waals surface area contributed by atoms with Gasteiger partial charge in [0.25, 0.3) is 5.91 Å². The smallest absolute Gasteiger partial charge is 0.268 e. The number of nitrogens with one attached hydrogen (secondary N) is 2. The molecule has 0 bridgehead atoms. The van der Waals surface area contributed by atoms with Gasteiger partial charge in [-0.3, -0.25) is 14.4 Å². The van der Waals surface area contributed by atoms with Crippen LogP contribution in [0.5, 0.6) is 0 Å². The van der Waals surface area contributed by atoms with Gasteiger partial charge < -0.3 is 11.1 Å². The molecule has 18 heavy (non-hydrogen) atoms. The van der Waals surface area contributed by atoms with Gasteiger partial charge >= 0.3 is 0 Å². The van der Waals surface area contributed by atoms with Crippen LogP contribution in [0.25, 0.3) is 0 Å². The third-order valence-corrected chi connectivity index (χ3v) is 2.75. The molecular formula is C12H15N3O3. The van der Waals surface area contributed by atoms with Crippen molar-refractivity contribution in [2.45, 2.75) is 18.9 Å². The Labute approximate surface area is 104 Å². The standard InChI is InChI=1S/C12H15N3O3/c13-9-4-2-1-3-8(9)5-6-11(16)14-10-7-18-15-12(10)17/h1-4,10H,5-7,13H2,(H,14,16)(H,15,17)/t10-/m1/s1. The van der Waals surface area contributed by atoms with Crippen LogP contribution in [0.2, 0.25) is 0 Å². The maximum absolute atomic E-state index is 11.6. The lowest BCUT2D eigenvalue weighted by Crippen LogP contribution is -2.41. The molecule has 1 fully saturated rings. The number of carbonyl (C=O) groups excluding carboxylic acids is 2. The molecule has 0 unspecified atom stereocenters. The van der Waals surface area contributed by atoms with Crippen molar-refractivity contribution >= 4 is 17.5 Å². The maximum atomic E-state index is 11.6. The fourth-order valence-electron chi connectivity index (χ4n) is 1.73. The van der Waals surface area contributed by atoms with E-state index in [1.54, 1.807) is 6.07 Å². The van der Waals surface area contributed by atoms with Gasteiger partial charge in [0.2, 0.25) is 5.91 Å². The van der Waals surface area contributed by atoms with Gasteiger partial charge in [0.1, 0.15) is 12.6 Å². The summed E-state index contributed by atoms with van der Waals surface area (Å²) < 4.78 is 0. The lowest BCUT2D eigenvalue weighted by molar-refractivity contribution is -0.128. The van der Waals surface area contributed by atoms with Crippen LogP contribution >= 0.6 is 0 Å². The minimum atomic E-state index is -0.592. The highest BCUT2D eigenvalue weighted by Gasteiger charge is 2.26. The Balaban J connectivity index is 1.82. The summed E-state index contributed by atoms with van der Waals surface area (Å²) in [6.45, 7) is 0.165. The summed E-state index contributed by atoms with van der Waals surface area (Å²) in [7, 11) is 0. The van der Waals surface area contributed by atoms with Crippen molar-refractivity contribution in [3.05, 3.63) is 29.8 Å². The second-order valence-corrected chi connectivity index (χ2v) is 4.10. The molecular weight excluding hydrogens is 234 g/mol. The highest BCUT2D eigenvalue weighted by Crippen LogP contribution is 2.12. The summed E-state index contributed by atoms with van der Waals surface area (Å²) in [4.78, 5) is 27.5. The Morgan fingerprint density at radius 3 is 2.94 bits per heavy atom. The minimum Gasteiger partial charge on any atom is -0.399 e. The molecule has 0 spiro atoms. The number of rotatable bonds is 4. The second-order valence-electron chi connectivity index (χ2n) is 4.10. The van der Waals surface area contributed by atoms with Crippen LogP contribution in [-0.4, -0.2) is 24.5 Å². The molecule has 4 N–H and O–H groups in total. The Morgan fingerprint density at radius 2 is 2.28 bits per heavy atom. The van der Waals surface area contributed by atoms with E-state index in [1.807, 2.05) is 18.2 Å². The van der Waals surface area contributed by atoms with E-state index < -0.39 is 6.04 Å². The first kappa shape index (κ1) is 12.4. The Morgan fingerprint density at radius 1 is 1.50 bits per heavy atom. The number of nitrogen functional groups attached to an aromatic ring is 1. The molecule has 1 atom stereocenters. The van der Waals surface area contributed by atoms with Gasteiger partial charge in [-0.2, -0.15) is 0 Å². The predicted octanol–water partition coefficient (Wildman–Crippen LogP) is -0.252. The Kier molecular flexibility index (Phi) is 3.78. The number of nitrogens with two attached hydrogens (primary N) is 1. The van der Waals surface area contributed by atoms with Gasteiger partial charge in [0.15, 0.2) is 0 Å². The number of carbonyl (C=O) groups is 2. The molecule has 0 aliphatic carbocycles. The molecule has 0 aromatic heterocycles. The SMILES string of the molecule is Nc1ccccc1CCC(=O)N[C@@H]1CONC1=O. The molecule has 0 radical (unpaired) electrons. The average Bonchev–Trinajstić information content (AvgIpc) is 2.74. The second kappa shape index (κ2) is 5.50. The van der Waals surface area contributed by atoms with Gasteiger partial charge in [0.05, 0.1) is 0 Å². The van der Waals surface area contributed by atoms with Crippen molar-refractivity contribution in [2.24, 2.45) is 0 Å². The first-order valence-corrected chi connectivity index (χ1v) is 5.71. The largest absolute Gasteiger partial charge is 0.399 e.